The maximum absolute atomic E-state index is 13.2. The standard InChI is InChI=1S/C21H17Cl2N3O2S/c1-2-11-26(21(27)19-18(23)14-8-4-6-10-16(14)29-19)12-17-24-25-20(28-17)13-7-3-5-9-15(13)22/h3-10H,2,11-12H2,1H3. The van der Waals surface area contributed by atoms with Crippen LogP contribution in [0.25, 0.3) is 21.5 Å². The van der Waals surface area contributed by atoms with E-state index in [0.717, 1.165) is 16.5 Å². The van der Waals surface area contributed by atoms with Gasteiger partial charge in [-0.05, 0) is 24.6 Å². The molecule has 0 bridgehead atoms. The first-order chi connectivity index (χ1) is 14.1. The molecule has 4 rings (SSSR count). The third kappa shape index (κ3) is 4.01. The van der Waals surface area contributed by atoms with E-state index in [0.29, 0.717) is 38.8 Å². The molecule has 0 radical (unpaired) electrons. The van der Waals surface area contributed by atoms with Gasteiger partial charge in [0.15, 0.2) is 0 Å². The number of hydrogen-bond donors (Lipinski definition) is 0. The average Bonchev–Trinajstić information content (AvgIpc) is 3.32. The van der Waals surface area contributed by atoms with Crippen LogP contribution in [0.4, 0.5) is 0 Å². The van der Waals surface area contributed by atoms with Crippen LogP contribution < -0.4 is 0 Å². The number of benzene rings is 2. The first-order valence-electron chi connectivity index (χ1n) is 9.12. The number of carbonyl (C=O) groups excluding carboxylic acids is 1. The molecule has 0 spiro atoms. The van der Waals surface area contributed by atoms with Crippen LogP contribution in [0, 0.1) is 0 Å². The highest BCUT2D eigenvalue weighted by atomic mass is 35.5. The SMILES string of the molecule is CCCN(Cc1nnc(-c2ccccc2Cl)o1)C(=O)c1sc2ccccc2c1Cl. The Morgan fingerprint density at radius 1 is 1.10 bits per heavy atom. The summed E-state index contributed by atoms with van der Waals surface area (Å²) >= 11 is 14.1. The van der Waals surface area contributed by atoms with Crippen molar-refractivity contribution in [1.82, 2.24) is 15.1 Å². The van der Waals surface area contributed by atoms with E-state index in [-0.39, 0.29) is 12.5 Å². The van der Waals surface area contributed by atoms with Crippen molar-refractivity contribution >= 4 is 50.5 Å². The van der Waals surface area contributed by atoms with Gasteiger partial charge in [-0.15, -0.1) is 21.5 Å². The molecule has 0 aliphatic heterocycles. The lowest BCUT2D eigenvalue weighted by molar-refractivity contribution is 0.0734. The molecule has 4 aromatic rings. The van der Waals surface area contributed by atoms with Gasteiger partial charge in [0.25, 0.3) is 5.91 Å². The van der Waals surface area contributed by atoms with Gasteiger partial charge in [0.2, 0.25) is 11.8 Å². The van der Waals surface area contributed by atoms with Gasteiger partial charge in [0.05, 0.1) is 22.2 Å². The van der Waals surface area contributed by atoms with Crippen LogP contribution in [-0.4, -0.2) is 27.5 Å². The molecule has 0 unspecified atom stereocenters. The third-order valence-corrected chi connectivity index (χ3v) is 6.40. The highest BCUT2D eigenvalue weighted by molar-refractivity contribution is 7.21. The lowest BCUT2D eigenvalue weighted by Crippen LogP contribution is -2.31. The molecule has 0 aliphatic rings. The summed E-state index contributed by atoms with van der Waals surface area (Å²) in [6.07, 6.45) is 0.791. The number of carbonyl (C=O) groups is 1. The molecule has 148 valence electrons. The summed E-state index contributed by atoms with van der Waals surface area (Å²) in [6.45, 7) is 2.76. The Kier molecular flexibility index (Phi) is 5.85. The summed E-state index contributed by atoms with van der Waals surface area (Å²) < 4.78 is 6.75. The Morgan fingerprint density at radius 2 is 1.86 bits per heavy atom. The number of aromatic nitrogens is 2. The maximum Gasteiger partial charge on any atom is 0.265 e. The molecule has 2 aromatic heterocycles. The van der Waals surface area contributed by atoms with Crippen LogP contribution in [-0.2, 0) is 6.54 Å². The van der Waals surface area contributed by atoms with Gasteiger partial charge in [-0.25, -0.2) is 0 Å². The quantitative estimate of drug-likeness (QED) is 0.348. The van der Waals surface area contributed by atoms with Crippen LogP contribution in [0.15, 0.2) is 52.9 Å². The summed E-state index contributed by atoms with van der Waals surface area (Å²) in [5.74, 6) is 0.531. The molecule has 8 heteroatoms. The van der Waals surface area contributed by atoms with Crippen LogP contribution in [0.5, 0.6) is 0 Å². The molecular weight excluding hydrogens is 429 g/mol. The molecule has 0 aliphatic carbocycles. The van der Waals surface area contributed by atoms with Crippen molar-refractivity contribution in [1.29, 1.82) is 0 Å². The van der Waals surface area contributed by atoms with Crippen LogP contribution in [0.2, 0.25) is 10.0 Å². The van der Waals surface area contributed by atoms with E-state index in [4.69, 9.17) is 27.6 Å². The molecular formula is C21H17Cl2N3O2S. The lowest BCUT2D eigenvalue weighted by atomic mass is 10.2. The zero-order chi connectivity index (χ0) is 20.4. The number of thiophene rings is 1. The molecule has 0 saturated carbocycles. The number of halogens is 2. The van der Waals surface area contributed by atoms with Gasteiger partial charge in [0.1, 0.15) is 4.88 Å². The van der Waals surface area contributed by atoms with Crippen molar-refractivity contribution < 1.29 is 9.21 Å². The van der Waals surface area contributed by atoms with Crippen molar-refractivity contribution in [3.05, 3.63) is 69.3 Å². The molecule has 29 heavy (non-hydrogen) atoms. The summed E-state index contributed by atoms with van der Waals surface area (Å²) in [5.41, 5.74) is 0.661. The zero-order valence-electron chi connectivity index (χ0n) is 15.6. The van der Waals surface area contributed by atoms with Crippen LogP contribution in [0.1, 0.15) is 28.9 Å². The van der Waals surface area contributed by atoms with Gasteiger partial charge in [-0.2, -0.15) is 0 Å². The number of nitrogens with zero attached hydrogens (tertiary/aromatic N) is 3. The molecule has 0 saturated heterocycles. The summed E-state index contributed by atoms with van der Waals surface area (Å²) in [4.78, 5) is 15.4. The molecule has 5 nitrogen and oxygen atoms in total. The van der Waals surface area contributed by atoms with E-state index >= 15 is 0 Å². The van der Waals surface area contributed by atoms with E-state index in [2.05, 4.69) is 10.2 Å². The highest BCUT2D eigenvalue weighted by Gasteiger charge is 2.24. The number of fused-ring (bicyclic) bond motifs is 1. The van der Waals surface area contributed by atoms with Gasteiger partial charge < -0.3 is 9.32 Å². The molecule has 2 aromatic carbocycles. The van der Waals surface area contributed by atoms with E-state index in [1.165, 1.54) is 11.3 Å². The van der Waals surface area contributed by atoms with Crippen LogP contribution >= 0.6 is 34.5 Å². The van der Waals surface area contributed by atoms with Gasteiger partial charge in [0, 0.05) is 16.6 Å². The summed E-state index contributed by atoms with van der Waals surface area (Å²) in [5, 5.41) is 10.1. The van der Waals surface area contributed by atoms with Gasteiger partial charge in [-0.1, -0.05) is 60.5 Å². The molecule has 0 atom stereocenters. The molecule has 0 N–H and O–H groups in total. The Hall–Kier alpha value is -2.41. The predicted octanol–water partition coefficient (Wildman–Crippen LogP) is 6.31. The highest BCUT2D eigenvalue weighted by Crippen LogP contribution is 2.36. The second-order valence-corrected chi connectivity index (χ2v) is 8.29. The topological polar surface area (TPSA) is 59.2 Å². The van der Waals surface area contributed by atoms with Crippen molar-refractivity contribution in [3.63, 3.8) is 0 Å². The van der Waals surface area contributed by atoms with Crippen molar-refractivity contribution in [2.45, 2.75) is 19.9 Å². The van der Waals surface area contributed by atoms with Crippen molar-refractivity contribution in [3.8, 4) is 11.5 Å². The lowest BCUT2D eigenvalue weighted by Gasteiger charge is -2.19. The number of amides is 1. The maximum atomic E-state index is 13.2. The third-order valence-electron chi connectivity index (χ3n) is 4.41. The fraction of sp³-hybridized carbons (Fsp3) is 0.190. The average molecular weight is 446 g/mol. The monoisotopic (exact) mass is 445 g/mol. The molecule has 2 heterocycles. The molecule has 0 fully saturated rings. The normalized spacial score (nSPS) is 11.1. The Morgan fingerprint density at radius 3 is 2.62 bits per heavy atom. The second-order valence-electron chi connectivity index (χ2n) is 6.45. The van der Waals surface area contributed by atoms with Crippen molar-refractivity contribution in [2.24, 2.45) is 0 Å². The Bertz CT molecular complexity index is 1170. The van der Waals surface area contributed by atoms with E-state index in [1.54, 1.807) is 11.0 Å². The predicted molar refractivity (Wildman–Crippen MR) is 117 cm³/mol. The summed E-state index contributed by atoms with van der Waals surface area (Å²) in [7, 11) is 0. The number of hydrogen-bond acceptors (Lipinski definition) is 5. The Labute approximate surface area is 181 Å². The summed E-state index contributed by atoms with van der Waals surface area (Å²) in [6, 6.07) is 15.0. The van der Waals surface area contributed by atoms with E-state index in [1.807, 2.05) is 49.4 Å². The fourth-order valence-corrected chi connectivity index (χ4v) is 4.74. The van der Waals surface area contributed by atoms with Gasteiger partial charge >= 0.3 is 0 Å². The largest absolute Gasteiger partial charge is 0.419 e. The first kappa shape index (κ1) is 19.9. The smallest absolute Gasteiger partial charge is 0.265 e. The fourth-order valence-electron chi connectivity index (χ4n) is 3.04. The minimum atomic E-state index is -0.143. The number of rotatable bonds is 6. The molecule has 1 amide bonds. The minimum Gasteiger partial charge on any atom is -0.419 e. The van der Waals surface area contributed by atoms with Crippen LogP contribution in [0.3, 0.4) is 0 Å². The first-order valence-corrected chi connectivity index (χ1v) is 10.7. The second kappa shape index (κ2) is 8.53. The minimum absolute atomic E-state index is 0.143. The van der Waals surface area contributed by atoms with Crippen molar-refractivity contribution in [2.75, 3.05) is 6.54 Å². The zero-order valence-corrected chi connectivity index (χ0v) is 17.9. The van der Waals surface area contributed by atoms with E-state index in [9.17, 15) is 4.79 Å². The Balaban J connectivity index is 1.60. The van der Waals surface area contributed by atoms with E-state index < -0.39 is 0 Å². The van der Waals surface area contributed by atoms with Gasteiger partial charge in [-0.3, -0.25) is 4.79 Å².